The molecule has 0 saturated heterocycles. The molecule has 0 rings (SSSR count). The number of halogens is 3. The average molecular weight is 399 g/mol. The number of alkyl halides is 1. The summed E-state index contributed by atoms with van der Waals surface area (Å²) in [5, 5.41) is 0. The van der Waals surface area contributed by atoms with Crippen molar-refractivity contribution in [2.45, 2.75) is 4.83 Å². The van der Waals surface area contributed by atoms with Gasteiger partial charge < -0.3 is 42.9 Å². The zero-order valence-electron chi connectivity index (χ0n) is 10.0. The molecule has 0 heterocycles. The first kappa shape index (κ1) is 20.7. The van der Waals surface area contributed by atoms with Crippen LogP contribution in [0.1, 0.15) is 0 Å². The summed E-state index contributed by atoms with van der Waals surface area (Å²) in [6.45, 7) is 2.35. The second kappa shape index (κ2) is 7.60. The highest BCUT2D eigenvalue weighted by Gasteiger charge is 2.21. The normalized spacial score (nSPS) is 12.0. The van der Waals surface area contributed by atoms with Crippen molar-refractivity contribution in [1.82, 2.24) is 0 Å². The molecule has 0 fully saturated rings. The molecule has 0 aliphatic carbocycles. The largest absolute Gasteiger partial charge is 1.00 e. The van der Waals surface area contributed by atoms with Crippen LogP contribution in [0, 0.1) is 0 Å². The maximum absolute atomic E-state index is 3.72. The zero-order valence-corrected chi connectivity index (χ0v) is 14.8. The van der Waals surface area contributed by atoms with Crippen molar-refractivity contribution in [3.8, 4) is 0 Å². The first-order valence-electron chi connectivity index (χ1n) is 4.35. The van der Waals surface area contributed by atoms with E-state index in [2.05, 4.69) is 58.2 Å². The van der Waals surface area contributed by atoms with Gasteiger partial charge in [-0.2, -0.15) is 0 Å². The quantitative estimate of drug-likeness (QED) is 0.329. The Labute approximate surface area is 118 Å². The van der Waals surface area contributed by atoms with Crippen molar-refractivity contribution in [1.29, 1.82) is 0 Å². The van der Waals surface area contributed by atoms with Crippen LogP contribution in [0.5, 0.6) is 0 Å². The van der Waals surface area contributed by atoms with Gasteiger partial charge in [0.25, 0.3) is 0 Å². The Morgan fingerprint density at radius 2 is 1.00 bits per heavy atom. The first-order chi connectivity index (χ1) is 5.10. The molecular weight excluding hydrogens is 376 g/mol. The summed E-state index contributed by atoms with van der Waals surface area (Å²) in [4.78, 5) is 0.609. The van der Waals surface area contributed by atoms with Crippen molar-refractivity contribution in [3.63, 3.8) is 0 Å². The Kier molecular flexibility index (Phi) is 11.3. The lowest BCUT2D eigenvalue weighted by molar-refractivity contribution is -0.888. The molecule has 0 aliphatic rings. The number of rotatable bonds is 4. The van der Waals surface area contributed by atoms with E-state index in [1.165, 1.54) is 13.1 Å². The summed E-state index contributed by atoms with van der Waals surface area (Å²) in [6, 6.07) is 0. The Hall–Kier alpha value is 1.36. The third kappa shape index (κ3) is 15.8. The van der Waals surface area contributed by atoms with Gasteiger partial charge in [-0.15, -0.1) is 0 Å². The highest BCUT2D eigenvalue weighted by molar-refractivity contribution is 9.09. The average Bonchev–Trinajstić information content (AvgIpc) is 1.49. The first-order valence-corrected chi connectivity index (χ1v) is 5.27. The molecule has 0 radical (unpaired) electrons. The van der Waals surface area contributed by atoms with E-state index in [-0.39, 0.29) is 34.0 Å². The van der Waals surface area contributed by atoms with Crippen LogP contribution in [0.2, 0.25) is 0 Å². The van der Waals surface area contributed by atoms with E-state index in [4.69, 9.17) is 0 Å². The third-order valence-electron chi connectivity index (χ3n) is 1.49. The van der Waals surface area contributed by atoms with E-state index in [0.29, 0.717) is 4.83 Å². The van der Waals surface area contributed by atoms with Crippen molar-refractivity contribution < 1.29 is 42.9 Å². The van der Waals surface area contributed by atoms with E-state index < -0.39 is 0 Å². The molecule has 0 unspecified atom stereocenters. The van der Waals surface area contributed by atoms with Gasteiger partial charge >= 0.3 is 0 Å². The second-order valence-corrected chi connectivity index (χ2v) is 6.84. The molecule has 2 nitrogen and oxygen atoms in total. The van der Waals surface area contributed by atoms with Gasteiger partial charge in [0, 0.05) is 0 Å². The lowest BCUT2D eigenvalue weighted by atomic mass is 10.3. The molecule has 0 aromatic rings. The summed E-state index contributed by atoms with van der Waals surface area (Å²) in [7, 11) is 13.4. The molecule has 90 valence electrons. The number of quaternary nitrogens is 2. The number of hydrogen-bond acceptors (Lipinski definition) is 0. The fourth-order valence-corrected chi connectivity index (χ4v) is 2.98. The molecule has 14 heavy (non-hydrogen) atoms. The fourth-order valence-electron chi connectivity index (χ4n) is 1.25. The molecule has 0 atom stereocenters. The van der Waals surface area contributed by atoms with Crippen LogP contribution in [0.25, 0.3) is 0 Å². The van der Waals surface area contributed by atoms with Crippen molar-refractivity contribution in [3.05, 3.63) is 0 Å². The SMILES string of the molecule is C[N+](C)(C)CC(Br)C[N+](C)(C)C.[Br-].[Br-]. The van der Waals surface area contributed by atoms with Gasteiger partial charge in [0.05, 0.1) is 55.4 Å². The Balaban J connectivity index is -0.000000605. The predicted octanol–water partition coefficient (Wildman–Crippen LogP) is -4.83. The van der Waals surface area contributed by atoms with Crippen LogP contribution < -0.4 is 34.0 Å². The van der Waals surface area contributed by atoms with Gasteiger partial charge in [-0.05, 0) is 0 Å². The van der Waals surface area contributed by atoms with E-state index in [0.717, 1.165) is 8.97 Å². The predicted molar refractivity (Wildman–Crippen MR) is 58.5 cm³/mol. The third-order valence-corrected chi connectivity index (χ3v) is 2.07. The van der Waals surface area contributed by atoms with Gasteiger partial charge in [0.2, 0.25) is 0 Å². The maximum atomic E-state index is 3.72. The Bertz CT molecular complexity index is 122. The summed E-state index contributed by atoms with van der Waals surface area (Å²) in [5.41, 5.74) is 0. The van der Waals surface area contributed by atoms with Gasteiger partial charge in [0.1, 0.15) is 4.83 Å². The van der Waals surface area contributed by atoms with E-state index in [9.17, 15) is 0 Å². The van der Waals surface area contributed by atoms with Gasteiger partial charge in [-0.25, -0.2) is 0 Å². The highest BCUT2D eigenvalue weighted by Crippen LogP contribution is 2.08. The van der Waals surface area contributed by atoms with Crippen LogP contribution >= 0.6 is 15.9 Å². The molecule has 0 N–H and O–H groups in total. The molecular formula is C9H23Br3N2. The molecule has 0 spiro atoms. The standard InChI is InChI=1S/C9H23BrN2.2BrH/c1-11(2,3)7-9(10)8-12(4,5)6;;/h9H,7-8H2,1-6H3;2*1H/q+2;;/p-2. The highest BCUT2D eigenvalue weighted by atomic mass is 79.9. The maximum Gasteiger partial charge on any atom is 0.112 e. The number of nitrogens with zero attached hydrogens (tertiary/aromatic N) is 2. The molecule has 0 aromatic carbocycles. The Morgan fingerprint density at radius 3 is 1.14 bits per heavy atom. The minimum absolute atomic E-state index is 0. The Morgan fingerprint density at radius 1 is 0.786 bits per heavy atom. The van der Waals surface area contributed by atoms with E-state index in [1.54, 1.807) is 0 Å². The van der Waals surface area contributed by atoms with Crippen molar-refractivity contribution >= 4 is 15.9 Å². The summed E-state index contributed by atoms with van der Waals surface area (Å²) < 4.78 is 2.05. The van der Waals surface area contributed by atoms with Gasteiger partial charge in [-0.1, -0.05) is 15.9 Å². The second-order valence-electron chi connectivity index (χ2n) is 5.54. The fraction of sp³-hybridized carbons (Fsp3) is 1.00. The van der Waals surface area contributed by atoms with Crippen LogP contribution in [0.4, 0.5) is 0 Å². The molecule has 0 amide bonds. The van der Waals surface area contributed by atoms with E-state index in [1.807, 2.05) is 0 Å². The molecule has 0 saturated carbocycles. The van der Waals surface area contributed by atoms with Crippen LogP contribution in [-0.4, -0.2) is 69.2 Å². The van der Waals surface area contributed by atoms with Crippen molar-refractivity contribution in [2.24, 2.45) is 0 Å². The zero-order chi connectivity index (χ0) is 9.99. The smallest absolute Gasteiger partial charge is 0.112 e. The minimum atomic E-state index is 0. The minimum Gasteiger partial charge on any atom is -1.00 e. The summed E-state index contributed by atoms with van der Waals surface area (Å²) >= 11 is 3.72. The lowest BCUT2D eigenvalue weighted by Crippen LogP contribution is -3.00. The number of hydrogen-bond donors (Lipinski definition) is 0. The van der Waals surface area contributed by atoms with Crippen LogP contribution in [0.15, 0.2) is 0 Å². The molecule has 0 aromatic heterocycles. The summed E-state index contributed by atoms with van der Waals surface area (Å²) in [6.07, 6.45) is 0. The van der Waals surface area contributed by atoms with Crippen LogP contribution in [-0.2, 0) is 0 Å². The van der Waals surface area contributed by atoms with E-state index >= 15 is 0 Å². The molecule has 0 aliphatic heterocycles. The van der Waals surface area contributed by atoms with Crippen molar-refractivity contribution in [2.75, 3.05) is 55.4 Å². The molecule has 0 bridgehead atoms. The van der Waals surface area contributed by atoms with Gasteiger partial charge in [0.15, 0.2) is 0 Å². The monoisotopic (exact) mass is 396 g/mol. The lowest BCUT2D eigenvalue weighted by Gasteiger charge is -2.31. The molecule has 5 heteroatoms. The summed E-state index contributed by atoms with van der Waals surface area (Å²) in [5.74, 6) is 0. The van der Waals surface area contributed by atoms with Gasteiger partial charge in [-0.3, -0.25) is 0 Å². The topological polar surface area (TPSA) is 0 Å². The van der Waals surface area contributed by atoms with Crippen LogP contribution in [0.3, 0.4) is 0 Å².